The van der Waals surface area contributed by atoms with Gasteiger partial charge in [-0.05, 0) is 30.0 Å². The van der Waals surface area contributed by atoms with Gasteiger partial charge in [-0.1, -0.05) is 35.9 Å². The number of Topliss-reactive ketones (excluding diaryl/α,β-unsaturated/α-hetero) is 1. The van der Waals surface area contributed by atoms with Crippen molar-refractivity contribution < 1.29 is 27.9 Å². The molecule has 28 heavy (non-hydrogen) atoms. The van der Waals surface area contributed by atoms with Gasteiger partial charge in [-0.25, -0.2) is 4.79 Å². The second-order valence-electron chi connectivity index (χ2n) is 6.24. The molecule has 2 aromatic rings. The highest BCUT2D eigenvalue weighted by Crippen LogP contribution is 2.49. The van der Waals surface area contributed by atoms with Crippen LogP contribution in [-0.4, -0.2) is 40.3 Å². The van der Waals surface area contributed by atoms with Crippen molar-refractivity contribution in [1.29, 1.82) is 0 Å². The van der Waals surface area contributed by atoms with Crippen molar-refractivity contribution in [2.75, 3.05) is 6.54 Å². The zero-order valence-electron chi connectivity index (χ0n) is 14.5. The zero-order chi connectivity index (χ0) is 20.7. The summed E-state index contributed by atoms with van der Waals surface area (Å²) in [7, 11) is 0. The molecule has 3 atom stereocenters. The molecular weight excluding hydrogens is 417 g/mol. The maximum atomic E-state index is 14.1. The summed E-state index contributed by atoms with van der Waals surface area (Å²) in [5.41, 5.74) is -3.58. The maximum absolute atomic E-state index is 14.1. The standard InChI is InChI=1S/C18H16ClF3N2O3S/c1-2-24-16(26)23-14(10-6-3-4-7-11(10)19)13(17(24,27)18(20,21)22)15(25)12-8-5-9-28-12/h3-9,13-14,27H,2H2,1H3,(H,23,26). The van der Waals surface area contributed by atoms with Gasteiger partial charge >= 0.3 is 12.2 Å². The van der Waals surface area contributed by atoms with Gasteiger partial charge in [0, 0.05) is 11.6 Å². The molecule has 0 saturated carbocycles. The number of thiophene rings is 1. The lowest BCUT2D eigenvalue weighted by Crippen LogP contribution is -2.73. The largest absolute Gasteiger partial charge is 0.437 e. The number of nitrogens with one attached hydrogen (secondary N) is 1. The predicted octanol–water partition coefficient (Wildman–Crippen LogP) is 4.24. The summed E-state index contributed by atoms with van der Waals surface area (Å²) in [6.07, 6.45) is -5.28. The number of urea groups is 1. The summed E-state index contributed by atoms with van der Waals surface area (Å²) in [6, 6.07) is 6.25. The van der Waals surface area contributed by atoms with E-state index in [2.05, 4.69) is 5.32 Å². The van der Waals surface area contributed by atoms with E-state index in [0.29, 0.717) is 0 Å². The van der Waals surface area contributed by atoms with E-state index in [1.54, 1.807) is 11.4 Å². The first-order valence-electron chi connectivity index (χ1n) is 8.32. The average molecular weight is 433 g/mol. The molecule has 5 nitrogen and oxygen atoms in total. The van der Waals surface area contributed by atoms with E-state index in [0.717, 1.165) is 11.3 Å². The number of nitrogens with zero attached hydrogens (tertiary/aromatic N) is 1. The first-order chi connectivity index (χ1) is 13.1. The van der Waals surface area contributed by atoms with Gasteiger partial charge in [0.05, 0.1) is 10.9 Å². The summed E-state index contributed by atoms with van der Waals surface area (Å²) in [4.78, 5) is 25.8. The van der Waals surface area contributed by atoms with Gasteiger partial charge < -0.3 is 10.4 Å². The monoisotopic (exact) mass is 432 g/mol. The van der Waals surface area contributed by atoms with Crippen molar-refractivity contribution in [2.45, 2.75) is 24.9 Å². The molecule has 1 aromatic carbocycles. The van der Waals surface area contributed by atoms with Crippen molar-refractivity contribution in [3.8, 4) is 0 Å². The first kappa shape index (κ1) is 20.6. The first-order valence-corrected chi connectivity index (χ1v) is 9.58. The molecule has 1 aromatic heterocycles. The summed E-state index contributed by atoms with van der Waals surface area (Å²) < 4.78 is 42.4. The van der Waals surface area contributed by atoms with Crippen molar-refractivity contribution in [3.05, 3.63) is 57.2 Å². The quantitative estimate of drug-likeness (QED) is 0.710. The molecule has 3 unspecified atom stereocenters. The number of hydrogen-bond donors (Lipinski definition) is 2. The lowest BCUT2D eigenvalue weighted by atomic mass is 9.77. The van der Waals surface area contributed by atoms with E-state index in [1.807, 2.05) is 0 Å². The summed E-state index contributed by atoms with van der Waals surface area (Å²) in [6.45, 7) is 0.837. The number of hydrogen-bond acceptors (Lipinski definition) is 4. The van der Waals surface area contributed by atoms with Gasteiger partial charge in [-0.3, -0.25) is 9.69 Å². The molecule has 2 N–H and O–H groups in total. The van der Waals surface area contributed by atoms with Crippen molar-refractivity contribution in [2.24, 2.45) is 5.92 Å². The molecule has 0 aliphatic carbocycles. The molecule has 1 saturated heterocycles. The van der Waals surface area contributed by atoms with Gasteiger partial charge in [0.25, 0.3) is 5.72 Å². The van der Waals surface area contributed by atoms with Crippen LogP contribution in [0.1, 0.15) is 28.2 Å². The van der Waals surface area contributed by atoms with Crippen LogP contribution in [0, 0.1) is 5.92 Å². The number of carbonyl (C=O) groups excluding carboxylic acids is 2. The van der Waals surface area contributed by atoms with Crippen LogP contribution >= 0.6 is 22.9 Å². The lowest BCUT2D eigenvalue weighted by Gasteiger charge is -2.50. The molecule has 150 valence electrons. The minimum atomic E-state index is -5.28. The van der Waals surface area contributed by atoms with Crippen LogP contribution < -0.4 is 5.32 Å². The van der Waals surface area contributed by atoms with E-state index >= 15 is 0 Å². The van der Waals surface area contributed by atoms with Crippen molar-refractivity contribution in [1.82, 2.24) is 10.2 Å². The molecule has 0 spiro atoms. The third-order valence-electron chi connectivity index (χ3n) is 4.72. The van der Waals surface area contributed by atoms with Crippen LogP contribution in [0.5, 0.6) is 0 Å². The normalized spacial score (nSPS) is 25.5. The van der Waals surface area contributed by atoms with Gasteiger partial charge in [0.1, 0.15) is 5.92 Å². The van der Waals surface area contributed by atoms with E-state index in [4.69, 9.17) is 11.6 Å². The Morgan fingerprint density at radius 3 is 2.54 bits per heavy atom. The molecule has 2 amide bonds. The molecular formula is C18H16ClF3N2O3S. The number of halogens is 4. The Morgan fingerprint density at radius 1 is 1.32 bits per heavy atom. The third-order valence-corrected chi connectivity index (χ3v) is 5.95. The van der Waals surface area contributed by atoms with E-state index in [1.165, 1.54) is 37.3 Å². The smallest absolute Gasteiger partial charge is 0.363 e. The SMILES string of the molecule is CCN1C(=O)NC(c2ccccc2Cl)C(C(=O)c2cccs2)C1(O)C(F)(F)F. The van der Waals surface area contributed by atoms with Gasteiger partial charge in [-0.15, -0.1) is 11.3 Å². The fourth-order valence-corrected chi connectivity index (χ4v) is 4.41. The average Bonchev–Trinajstić information content (AvgIpc) is 3.15. The van der Waals surface area contributed by atoms with Gasteiger partial charge in [0.15, 0.2) is 5.78 Å². The molecule has 3 rings (SSSR count). The number of benzene rings is 1. The minimum absolute atomic E-state index is 0.0388. The topological polar surface area (TPSA) is 69.6 Å². The second-order valence-corrected chi connectivity index (χ2v) is 7.59. The highest BCUT2D eigenvalue weighted by molar-refractivity contribution is 7.12. The minimum Gasteiger partial charge on any atom is -0.363 e. The fourth-order valence-electron chi connectivity index (χ4n) is 3.45. The van der Waals surface area contributed by atoms with Crippen LogP contribution in [-0.2, 0) is 0 Å². The molecule has 0 radical (unpaired) electrons. The number of aliphatic hydroxyl groups is 1. The fraction of sp³-hybridized carbons (Fsp3) is 0.333. The Kier molecular flexibility index (Phi) is 5.44. The predicted molar refractivity (Wildman–Crippen MR) is 98.2 cm³/mol. The van der Waals surface area contributed by atoms with E-state index in [9.17, 15) is 27.9 Å². The summed E-state index contributed by atoms with van der Waals surface area (Å²) >= 11 is 7.10. The van der Waals surface area contributed by atoms with Crippen LogP contribution in [0.4, 0.5) is 18.0 Å². The molecule has 1 aliphatic heterocycles. The molecule has 10 heteroatoms. The number of amides is 2. The number of alkyl halides is 3. The molecule has 1 aliphatic rings. The summed E-state index contributed by atoms with van der Waals surface area (Å²) in [5.74, 6) is -2.98. The molecule has 2 heterocycles. The van der Waals surface area contributed by atoms with Crippen LogP contribution in [0.3, 0.4) is 0 Å². The highest BCUT2D eigenvalue weighted by atomic mass is 35.5. The van der Waals surface area contributed by atoms with E-state index < -0.39 is 42.2 Å². The Labute approximate surface area is 167 Å². The van der Waals surface area contributed by atoms with Gasteiger partial charge in [-0.2, -0.15) is 13.2 Å². The molecule has 1 fully saturated rings. The van der Waals surface area contributed by atoms with Crippen LogP contribution in [0.25, 0.3) is 0 Å². The van der Waals surface area contributed by atoms with E-state index in [-0.39, 0.29) is 20.4 Å². The van der Waals surface area contributed by atoms with Crippen molar-refractivity contribution >= 4 is 34.8 Å². The Bertz CT molecular complexity index is 890. The van der Waals surface area contributed by atoms with Crippen LogP contribution in [0.2, 0.25) is 5.02 Å². The zero-order valence-corrected chi connectivity index (χ0v) is 16.1. The number of ketones is 1. The highest BCUT2D eigenvalue weighted by Gasteiger charge is 2.69. The Hall–Kier alpha value is -2.10. The van der Waals surface area contributed by atoms with Crippen LogP contribution in [0.15, 0.2) is 41.8 Å². The Balaban J connectivity index is 2.25. The number of carbonyl (C=O) groups is 2. The Morgan fingerprint density at radius 2 is 2.00 bits per heavy atom. The number of rotatable bonds is 4. The molecule has 0 bridgehead atoms. The third kappa shape index (κ3) is 3.17. The van der Waals surface area contributed by atoms with Gasteiger partial charge in [0.2, 0.25) is 0 Å². The lowest BCUT2D eigenvalue weighted by molar-refractivity contribution is -0.326. The maximum Gasteiger partial charge on any atom is 0.437 e. The second kappa shape index (κ2) is 7.38. The summed E-state index contributed by atoms with van der Waals surface area (Å²) in [5, 5.41) is 14.9. The van der Waals surface area contributed by atoms with Crippen molar-refractivity contribution in [3.63, 3.8) is 0 Å².